The molecule has 3 aliphatic rings. The van der Waals surface area contributed by atoms with E-state index in [0.717, 1.165) is 31.2 Å². The topological polar surface area (TPSA) is 65.1 Å². The number of hydrogen-bond acceptors (Lipinski definition) is 5. The van der Waals surface area contributed by atoms with E-state index >= 15 is 0 Å². The Morgan fingerprint density at radius 1 is 1.00 bits per heavy atom. The van der Waals surface area contributed by atoms with E-state index in [0.29, 0.717) is 38.1 Å². The van der Waals surface area contributed by atoms with Crippen LogP contribution in [0, 0.1) is 17.8 Å². The summed E-state index contributed by atoms with van der Waals surface area (Å²) in [7, 11) is 0. The van der Waals surface area contributed by atoms with Crippen molar-refractivity contribution in [1.82, 2.24) is 4.90 Å². The Bertz CT molecular complexity index is 673. The predicted octanol–water partition coefficient (Wildman–Crippen LogP) is 3.39. The second-order valence-corrected chi connectivity index (χ2v) is 8.06. The predicted molar refractivity (Wildman–Crippen MR) is 102 cm³/mol. The van der Waals surface area contributed by atoms with Crippen LogP contribution in [-0.2, 0) is 25.6 Å². The van der Waals surface area contributed by atoms with Crippen molar-refractivity contribution in [3.05, 3.63) is 35.9 Å². The molecule has 4 atom stereocenters. The van der Waals surface area contributed by atoms with E-state index in [1.807, 2.05) is 37.3 Å². The first-order chi connectivity index (χ1) is 13.7. The lowest BCUT2D eigenvalue weighted by Crippen LogP contribution is -2.42. The average molecular weight is 387 g/mol. The number of esters is 1. The molecule has 1 amide bonds. The van der Waals surface area contributed by atoms with Gasteiger partial charge in [0.25, 0.3) is 0 Å². The monoisotopic (exact) mass is 387 g/mol. The van der Waals surface area contributed by atoms with Gasteiger partial charge in [0.1, 0.15) is 6.61 Å². The summed E-state index contributed by atoms with van der Waals surface area (Å²) in [4.78, 5) is 25.9. The summed E-state index contributed by atoms with van der Waals surface area (Å²) in [6, 6.07) is 9.72. The van der Waals surface area contributed by atoms with Gasteiger partial charge in [-0.25, -0.2) is 4.79 Å². The van der Waals surface area contributed by atoms with Crippen LogP contribution in [0.15, 0.2) is 30.3 Å². The fourth-order valence-corrected chi connectivity index (χ4v) is 4.75. The fraction of sp³-hybridized carbons (Fsp3) is 0.636. The lowest BCUT2D eigenvalue weighted by Gasteiger charge is -2.33. The van der Waals surface area contributed by atoms with Crippen LogP contribution < -0.4 is 0 Å². The number of rotatable bonds is 6. The van der Waals surface area contributed by atoms with E-state index in [-0.39, 0.29) is 30.2 Å². The molecule has 1 aliphatic heterocycles. The highest BCUT2D eigenvalue weighted by Gasteiger charge is 2.60. The van der Waals surface area contributed by atoms with Crippen molar-refractivity contribution in [2.75, 3.05) is 19.7 Å². The number of hydrogen-bond donors (Lipinski definition) is 0. The zero-order chi connectivity index (χ0) is 19.5. The maximum atomic E-state index is 12.2. The molecule has 6 heteroatoms. The van der Waals surface area contributed by atoms with Crippen LogP contribution in [0.25, 0.3) is 0 Å². The molecule has 4 rings (SSSR count). The van der Waals surface area contributed by atoms with E-state index in [9.17, 15) is 9.59 Å². The van der Waals surface area contributed by atoms with Crippen LogP contribution in [0.1, 0.15) is 38.2 Å². The second-order valence-electron chi connectivity index (χ2n) is 8.06. The summed E-state index contributed by atoms with van der Waals surface area (Å²) in [6.07, 6.45) is 3.81. The molecule has 2 saturated carbocycles. The lowest BCUT2D eigenvalue weighted by atomic mass is 10.1. The van der Waals surface area contributed by atoms with Gasteiger partial charge in [-0.15, -0.1) is 0 Å². The van der Waals surface area contributed by atoms with Crippen molar-refractivity contribution in [3.63, 3.8) is 0 Å². The number of ether oxygens (including phenoxy) is 3. The van der Waals surface area contributed by atoms with E-state index in [4.69, 9.17) is 14.2 Å². The van der Waals surface area contributed by atoms with Gasteiger partial charge in [0.15, 0.2) is 0 Å². The molecule has 0 aromatic heterocycles. The first-order valence-electron chi connectivity index (χ1n) is 10.4. The maximum Gasteiger partial charge on any atom is 0.410 e. The Morgan fingerprint density at radius 2 is 1.68 bits per heavy atom. The minimum atomic E-state index is -0.248. The lowest BCUT2D eigenvalue weighted by molar-refractivity contribution is -0.146. The quantitative estimate of drug-likeness (QED) is 0.700. The van der Waals surface area contributed by atoms with Gasteiger partial charge in [-0.3, -0.25) is 4.79 Å². The molecule has 0 spiro atoms. The third-order valence-corrected chi connectivity index (χ3v) is 6.25. The molecular formula is C22H29NO5. The molecule has 0 N–H and O–H groups in total. The highest BCUT2D eigenvalue weighted by atomic mass is 16.6. The van der Waals surface area contributed by atoms with Gasteiger partial charge in [-0.1, -0.05) is 30.3 Å². The summed E-state index contributed by atoms with van der Waals surface area (Å²) in [6.45, 7) is 3.96. The van der Waals surface area contributed by atoms with Crippen molar-refractivity contribution < 1.29 is 23.8 Å². The average Bonchev–Trinajstić information content (AvgIpc) is 3.23. The molecule has 3 fully saturated rings. The molecule has 152 valence electrons. The van der Waals surface area contributed by atoms with Gasteiger partial charge in [-0.2, -0.15) is 0 Å². The summed E-state index contributed by atoms with van der Waals surface area (Å²) in [5, 5.41) is 0. The maximum absolute atomic E-state index is 12.2. The summed E-state index contributed by atoms with van der Waals surface area (Å²) >= 11 is 0. The number of benzene rings is 1. The zero-order valence-corrected chi connectivity index (χ0v) is 16.4. The third-order valence-electron chi connectivity index (χ3n) is 6.25. The molecule has 0 radical (unpaired) electrons. The largest absolute Gasteiger partial charge is 0.466 e. The molecular weight excluding hydrogens is 358 g/mol. The van der Waals surface area contributed by atoms with Crippen molar-refractivity contribution in [2.24, 2.45) is 17.8 Å². The molecule has 1 heterocycles. The van der Waals surface area contributed by atoms with Gasteiger partial charge in [0, 0.05) is 13.1 Å². The summed E-state index contributed by atoms with van der Waals surface area (Å²) in [5.41, 5.74) is 0.995. The highest BCUT2D eigenvalue weighted by molar-refractivity contribution is 5.76. The van der Waals surface area contributed by atoms with E-state index in [1.165, 1.54) is 0 Å². The number of carbonyl (C=O) groups is 2. The zero-order valence-electron chi connectivity index (χ0n) is 16.4. The van der Waals surface area contributed by atoms with Crippen molar-refractivity contribution in [2.45, 2.75) is 51.4 Å². The Hall–Kier alpha value is -2.08. The third kappa shape index (κ3) is 4.32. The number of piperidine rings is 1. The van der Waals surface area contributed by atoms with Crippen LogP contribution in [-0.4, -0.2) is 48.9 Å². The number of amides is 1. The van der Waals surface area contributed by atoms with Crippen LogP contribution in [0.5, 0.6) is 0 Å². The Kier molecular flexibility index (Phi) is 5.85. The van der Waals surface area contributed by atoms with Crippen molar-refractivity contribution in [1.29, 1.82) is 0 Å². The SMILES string of the molecule is CCOC(=O)[C@H]1C2C[C@H](OC3CCN(C(=O)OCc4ccccc4)CC3)C[C@@H]21. The minimum absolute atomic E-state index is 0.0294. The molecule has 6 nitrogen and oxygen atoms in total. The minimum Gasteiger partial charge on any atom is -0.466 e. The molecule has 0 bridgehead atoms. The van der Waals surface area contributed by atoms with Crippen LogP contribution in [0.3, 0.4) is 0 Å². The van der Waals surface area contributed by atoms with E-state index in [1.54, 1.807) is 4.90 Å². The van der Waals surface area contributed by atoms with E-state index in [2.05, 4.69) is 0 Å². The second kappa shape index (κ2) is 8.52. The first-order valence-corrected chi connectivity index (χ1v) is 10.4. The first kappa shape index (κ1) is 19.2. The summed E-state index contributed by atoms with van der Waals surface area (Å²) < 4.78 is 16.8. The van der Waals surface area contributed by atoms with Crippen LogP contribution in [0.2, 0.25) is 0 Å². The Morgan fingerprint density at radius 3 is 2.32 bits per heavy atom. The van der Waals surface area contributed by atoms with Gasteiger partial charge in [0.2, 0.25) is 0 Å². The highest BCUT2D eigenvalue weighted by Crippen LogP contribution is 2.58. The standard InChI is InChI=1S/C22H29NO5/c1-2-26-21(24)20-18-12-17(13-19(18)20)28-16-8-10-23(11-9-16)22(25)27-14-15-6-4-3-5-7-15/h3-7,16-20H,2,8-14H2,1H3/t17-,18+,19?,20-/m1/s1. The number of fused-ring (bicyclic) bond motifs is 1. The molecule has 1 unspecified atom stereocenters. The Balaban J connectivity index is 1.14. The smallest absolute Gasteiger partial charge is 0.410 e. The Labute approximate surface area is 166 Å². The molecule has 1 saturated heterocycles. The number of nitrogens with zero attached hydrogens (tertiary/aromatic N) is 1. The van der Waals surface area contributed by atoms with Crippen molar-refractivity contribution in [3.8, 4) is 0 Å². The van der Waals surface area contributed by atoms with E-state index < -0.39 is 0 Å². The van der Waals surface area contributed by atoms with Crippen LogP contribution in [0.4, 0.5) is 4.79 Å². The number of carbonyl (C=O) groups excluding carboxylic acids is 2. The molecule has 1 aromatic rings. The molecule has 2 aliphatic carbocycles. The molecule has 1 aromatic carbocycles. The van der Waals surface area contributed by atoms with Crippen LogP contribution >= 0.6 is 0 Å². The van der Waals surface area contributed by atoms with Crippen molar-refractivity contribution >= 4 is 12.1 Å². The van der Waals surface area contributed by atoms with Gasteiger partial charge in [-0.05, 0) is 50.0 Å². The van der Waals surface area contributed by atoms with Gasteiger partial charge < -0.3 is 19.1 Å². The summed E-state index contributed by atoms with van der Waals surface area (Å²) in [5.74, 6) is 0.994. The fourth-order valence-electron chi connectivity index (χ4n) is 4.75. The molecule has 28 heavy (non-hydrogen) atoms. The number of likely N-dealkylation sites (tertiary alicyclic amines) is 1. The van der Waals surface area contributed by atoms with Gasteiger partial charge in [0.05, 0.1) is 24.7 Å². The van der Waals surface area contributed by atoms with Gasteiger partial charge >= 0.3 is 12.1 Å². The normalized spacial score (nSPS) is 29.2.